The fraction of sp³-hybridized carbons (Fsp3) is 0.259. The van der Waals surface area contributed by atoms with Crippen LogP contribution < -0.4 is 5.32 Å². The summed E-state index contributed by atoms with van der Waals surface area (Å²) in [4.78, 5) is 17.2. The number of hydrogen-bond donors (Lipinski definition) is 1. The SMILES string of the molecule is Cc1ccc(Cn2c(CCCCCNC(=O)c3cccc(Br)c3)nc3ccccc32)cc1. The van der Waals surface area contributed by atoms with Gasteiger partial charge < -0.3 is 9.88 Å². The van der Waals surface area contributed by atoms with Gasteiger partial charge in [-0.3, -0.25) is 4.79 Å². The van der Waals surface area contributed by atoms with Gasteiger partial charge in [-0.15, -0.1) is 0 Å². The summed E-state index contributed by atoms with van der Waals surface area (Å²) in [6.45, 7) is 3.63. The molecule has 0 unspecified atom stereocenters. The van der Waals surface area contributed by atoms with Crippen LogP contribution in [-0.4, -0.2) is 22.0 Å². The highest BCUT2D eigenvalue weighted by molar-refractivity contribution is 9.10. The smallest absolute Gasteiger partial charge is 0.251 e. The lowest BCUT2D eigenvalue weighted by Gasteiger charge is -2.10. The Balaban J connectivity index is 1.32. The van der Waals surface area contributed by atoms with Gasteiger partial charge in [0.2, 0.25) is 0 Å². The zero-order chi connectivity index (χ0) is 22.3. The number of amides is 1. The molecule has 1 aromatic heterocycles. The number of aromatic nitrogens is 2. The number of imidazole rings is 1. The van der Waals surface area contributed by atoms with E-state index in [9.17, 15) is 4.79 Å². The maximum atomic E-state index is 12.2. The lowest BCUT2D eigenvalue weighted by molar-refractivity contribution is 0.0953. The predicted molar refractivity (Wildman–Crippen MR) is 134 cm³/mol. The summed E-state index contributed by atoms with van der Waals surface area (Å²) < 4.78 is 3.26. The monoisotopic (exact) mass is 489 g/mol. The second-order valence-corrected chi connectivity index (χ2v) is 9.08. The van der Waals surface area contributed by atoms with E-state index in [4.69, 9.17) is 4.98 Å². The van der Waals surface area contributed by atoms with Gasteiger partial charge in [-0.05, 0) is 55.7 Å². The van der Waals surface area contributed by atoms with Gasteiger partial charge in [0.15, 0.2) is 0 Å². The maximum Gasteiger partial charge on any atom is 0.251 e. The Bertz CT molecular complexity index is 1200. The van der Waals surface area contributed by atoms with E-state index in [0.29, 0.717) is 12.1 Å². The molecule has 4 aromatic rings. The molecule has 0 saturated carbocycles. The summed E-state index contributed by atoms with van der Waals surface area (Å²) in [5.74, 6) is 1.11. The molecule has 4 nitrogen and oxygen atoms in total. The van der Waals surface area contributed by atoms with Gasteiger partial charge >= 0.3 is 0 Å². The minimum atomic E-state index is -0.0220. The van der Waals surface area contributed by atoms with Crippen molar-refractivity contribution in [1.29, 1.82) is 0 Å². The van der Waals surface area contributed by atoms with Crippen LogP contribution in [0.3, 0.4) is 0 Å². The van der Waals surface area contributed by atoms with Gasteiger partial charge in [-0.1, -0.05) is 70.4 Å². The molecule has 4 rings (SSSR count). The van der Waals surface area contributed by atoms with Crippen LogP contribution in [0.5, 0.6) is 0 Å². The number of hydrogen-bond acceptors (Lipinski definition) is 2. The number of para-hydroxylation sites is 2. The van der Waals surface area contributed by atoms with Crippen LogP contribution >= 0.6 is 15.9 Å². The van der Waals surface area contributed by atoms with Gasteiger partial charge in [0, 0.05) is 29.5 Å². The Morgan fingerprint density at radius 3 is 2.59 bits per heavy atom. The van der Waals surface area contributed by atoms with Crippen LogP contribution in [0.4, 0.5) is 0 Å². The minimum Gasteiger partial charge on any atom is -0.352 e. The molecule has 0 aliphatic rings. The molecule has 1 N–H and O–H groups in total. The Morgan fingerprint density at radius 2 is 1.78 bits per heavy atom. The van der Waals surface area contributed by atoms with Crippen LogP contribution in [0, 0.1) is 6.92 Å². The molecule has 0 aliphatic carbocycles. The first-order valence-electron chi connectivity index (χ1n) is 11.1. The molecule has 0 bridgehead atoms. The Kier molecular flexibility index (Phi) is 7.38. The quantitative estimate of drug-likeness (QED) is 0.280. The maximum absolute atomic E-state index is 12.2. The number of benzene rings is 3. The molecule has 0 saturated heterocycles. The topological polar surface area (TPSA) is 46.9 Å². The molecule has 3 aromatic carbocycles. The first-order valence-corrected chi connectivity index (χ1v) is 11.9. The minimum absolute atomic E-state index is 0.0220. The molecule has 0 radical (unpaired) electrons. The average Bonchev–Trinajstić information content (AvgIpc) is 3.14. The van der Waals surface area contributed by atoms with Gasteiger partial charge in [0.1, 0.15) is 5.82 Å². The van der Waals surface area contributed by atoms with Gasteiger partial charge in [0.05, 0.1) is 11.0 Å². The van der Waals surface area contributed by atoms with Crippen LogP contribution in [0.15, 0.2) is 77.3 Å². The number of carbonyl (C=O) groups is 1. The number of nitrogens with one attached hydrogen (secondary N) is 1. The molecule has 164 valence electrons. The van der Waals surface area contributed by atoms with E-state index in [1.165, 1.54) is 16.6 Å². The normalized spacial score (nSPS) is 11.1. The molecule has 5 heteroatoms. The lowest BCUT2D eigenvalue weighted by Crippen LogP contribution is -2.24. The first kappa shape index (κ1) is 22.3. The fourth-order valence-electron chi connectivity index (χ4n) is 3.89. The van der Waals surface area contributed by atoms with Gasteiger partial charge in [-0.25, -0.2) is 4.98 Å². The van der Waals surface area contributed by atoms with E-state index >= 15 is 0 Å². The van der Waals surface area contributed by atoms with Crippen LogP contribution in [0.2, 0.25) is 0 Å². The molecule has 32 heavy (non-hydrogen) atoms. The number of fused-ring (bicyclic) bond motifs is 1. The Labute approximate surface area is 197 Å². The van der Waals surface area contributed by atoms with Crippen molar-refractivity contribution in [3.63, 3.8) is 0 Å². The van der Waals surface area contributed by atoms with Crippen molar-refractivity contribution in [2.75, 3.05) is 6.54 Å². The summed E-state index contributed by atoms with van der Waals surface area (Å²) in [6, 6.07) is 24.5. The third kappa shape index (κ3) is 5.65. The third-order valence-electron chi connectivity index (χ3n) is 5.64. The predicted octanol–water partition coefficient (Wildman–Crippen LogP) is 6.30. The van der Waals surface area contributed by atoms with Crippen LogP contribution in [0.1, 0.15) is 46.6 Å². The Morgan fingerprint density at radius 1 is 0.969 bits per heavy atom. The standard InChI is InChI=1S/C27H28BrN3O/c1-20-13-15-21(16-14-20)19-31-25-11-5-4-10-24(25)30-26(31)12-3-2-6-17-29-27(32)22-8-7-9-23(28)18-22/h4-5,7-11,13-16,18H,2-3,6,12,17,19H2,1H3,(H,29,32). The van der Waals surface area contributed by atoms with Crippen molar-refractivity contribution in [2.24, 2.45) is 0 Å². The zero-order valence-corrected chi connectivity index (χ0v) is 19.9. The largest absolute Gasteiger partial charge is 0.352 e. The second kappa shape index (κ2) is 10.6. The lowest BCUT2D eigenvalue weighted by atomic mass is 10.1. The van der Waals surface area contributed by atoms with Crippen molar-refractivity contribution < 1.29 is 4.79 Å². The van der Waals surface area contributed by atoms with E-state index in [0.717, 1.165) is 48.0 Å². The summed E-state index contributed by atoms with van der Waals surface area (Å²) >= 11 is 3.41. The number of aryl methyl sites for hydroxylation is 2. The van der Waals surface area contributed by atoms with Crippen LogP contribution in [0.25, 0.3) is 11.0 Å². The molecule has 1 heterocycles. The van der Waals surface area contributed by atoms with Crippen LogP contribution in [-0.2, 0) is 13.0 Å². The number of unbranched alkanes of at least 4 members (excludes halogenated alkanes) is 2. The molecular weight excluding hydrogens is 462 g/mol. The highest BCUT2D eigenvalue weighted by atomic mass is 79.9. The van der Waals surface area contributed by atoms with E-state index < -0.39 is 0 Å². The van der Waals surface area contributed by atoms with E-state index in [1.54, 1.807) is 0 Å². The van der Waals surface area contributed by atoms with Crippen molar-refractivity contribution in [3.8, 4) is 0 Å². The molecule has 0 spiro atoms. The van der Waals surface area contributed by atoms with Crippen molar-refractivity contribution in [3.05, 3.63) is 99.8 Å². The molecule has 0 atom stereocenters. The molecule has 0 fully saturated rings. The average molecular weight is 490 g/mol. The van der Waals surface area contributed by atoms with Crippen molar-refractivity contribution in [2.45, 2.75) is 39.2 Å². The summed E-state index contributed by atoms with van der Waals surface area (Å²) in [5.41, 5.74) is 5.48. The van der Waals surface area contributed by atoms with Crippen molar-refractivity contribution in [1.82, 2.24) is 14.9 Å². The van der Waals surface area contributed by atoms with Gasteiger partial charge in [0.25, 0.3) is 5.91 Å². The van der Waals surface area contributed by atoms with Crippen molar-refractivity contribution >= 4 is 32.9 Å². The third-order valence-corrected chi connectivity index (χ3v) is 6.14. The van der Waals surface area contributed by atoms with E-state index in [-0.39, 0.29) is 5.91 Å². The summed E-state index contributed by atoms with van der Waals surface area (Å²) in [5, 5.41) is 3.01. The fourth-order valence-corrected chi connectivity index (χ4v) is 4.29. The second-order valence-electron chi connectivity index (χ2n) is 8.17. The van der Waals surface area contributed by atoms with E-state index in [2.05, 4.69) is 75.2 Å². The molecule has 1 amide bonds. The van der Waals surface area contributed by atoms with E-state index in [1.807, 2.05) is 30.3 Å². The zero-order valence-electron chi connectivity index (χ0n) is 18.4. The highest BCUT2D eigenvalue weighted by Crippen LogP contribution is 2.20. The number of nitrogens with zero attached hydrogens (tertiary/aromatic N) is 2. The summed E-state index contributed by atoms with van der Waals surface area (Å²) in [7, 11) is 0. The first-order chi connectivity index (χ1) is 15.6. The molecular formula is C27H28BrN3O. The number of carbonyl (C=O) groups excluding carboxylic acids is 1. The van der Waals surface area contributed by atoms with Gasteiger partial charge in [-0.2, -0.15) is 0 Å². The molecule has 0 aliphatic heterocycles. The number of rotatable bonds is 9. The number of halogens is 1. The summed E-state index contributed by atoms with van der Waals surface area (Å²) in [6.07, 6.45) is 3.98. The Hall–Kier alpha value is -2.92. The highest BCUT2D eigenvalue weighted by Gasteiger charge is 2.11.